The third-order valence-electron chi connectivity index (χ3n) is 8.57. The minimum atomic E-state index is -0.334. The van der Waals surface area contributed by atoms with E-state index in [1.807, 2.05) is 36.4 Å². The molecule has 1 unspecified atom stereocenters. The maximum Gasteiger partial charge on any atom is 0.145 e. The predicted octanol–water partition coefficient (Wildman–Crippen LogP) is 9.28. The van der Waals surface area contributed by atoms with Gasteiger partial charge in [-0.15, -0.1) is 0 Å². The van der Waals surface area contributed by atoms with E-state index in [1.165, 1.54) is 38.1 Å². The Balaban J connectivity index is 1.37. The van der Waals surface area contributed by atoms with E-state index in [0.717, 1.165) is 28.2 Å². The number of para-hydroxylation sites is 3. The van der Waals surface area contributed by atoms with Gasteiger partial charge >= 0.3 is 0 Å². The Bertz CT molecular complexity index is 2330. The van der Waals surface area contributed by atoms with Gasteiger partial charge in [0.25, 0.3) is 0 Å². The average molecular weight is 582 g/mol. The van der Waals surface area contributed by atoms with Gasteiger partial charge in [-0.25, -0.2) is 4.99 Å². The van der Waals surface area contributed by atoms with E-state index in [9.17, 15) is 0 Å². The van der Waals surface area contributed by atoms with Crippen molar-refractivity contribution in [2.45, 2.75) is 12.8 Å². The third-order valence-corrected chi connectivity index (χ3v) is 8.57. The number of amidine groups is 1. The second-order valence-electron chi connectivity index (χ2n) is 11.1. The molecule has 8 rings (SSSR count). The normalized spacial score (nSPS) is 12.7. The van der Waals surface area contributed by atoms with Crippen LogP contribution >= 0.6 is 0 Å². The first-order valence-corrected chi connectivity index (χ1v) is 15.2. The first kappa shape index (κ1) is 26.7. The number of benzene rings is 6. The minimum absolute atomic E-state index is 0.334. The number of rotatable bonds is 7. The summed E-state index contributed by atoms with van der Waals surface area (Å²) in [6, 6.07) is 52.9. The Morgan fingerprint density at radius 1 is 0.600 bits per heavy atom. The van der Waals surface area contributed by atoms with Crippen molar-refractivity contribution >= 4 is 56.2 Å². The lowest BCUT2D eigenvalue weighted by atomic mass is 10.1. The molecule has 1 N–H and O–H groups in total. The highest BCUT2D eigenvalue weighted by atomic mass is 15.2. The van der Waals surface area contributed by atoms with Crippen molar-refractivity contribution in [3.05, 3.63) is 163 Å². The van der Waals surface area contributed by atoms with E-state index >= 15 is 0 Å². The van der Waals surface area contributed by atoms with E-state index in [-0.39, 0.29) is 6.17 Å². The standard InChI is InChI=1S/C40H31N5/c1-41-39(28-15-5-2-6-16-28)43-40(29-17-7-3-8-18-29)42-27-44-34-23-13-11-21-31(34)32-25-26-36-37(38(32)44)33-22-12-14-24-35(33)45(36)30-19-9-4-10-20-30/h2-26,39H,1,27H2,(H,42,43). The molecule has 1 atom stereocenters. The summed E-state index contributed by atoms with van der Waals surface area (Å²) in [5.74, 6) is 0.765. The number of hydrogen-bond donors (Lipinski definition) is 1. The molecule has 0 spiro atoms. The van der Waals surface area contributed by atoms with Gasteiger partial charge in [-0.2, -0.15) is 0 Å². The number of aromatic nitrogens is 2. The number of hydrogen-bond acceptors (Lipinski definition) is 2. The Labute approximate surface area is 261 Å². The van der Waals surface area contributed by atoms with Crippen LogP contribution in [0.5, 0.6) is 0 Å². The molecular weight excluding hydrogens is 550 g/mol. The van der Waals surface area contributed by atoms with Gasteiger partial charge < -0.3 is 14.5 Å². The topological polar surface area (TPSA) is 46.6 Å². The second kappa shape index (κ2) is 11.3. The highest BCUT2D eigenvalue weighted by molar-refractivity contribution is 6.25. The number of aliphatic imine (C=N–C) groups is 2. The molecular formula is C40H31N5. The molecule has 0 amide bonds. The summed E-state index contributed by atoms with van der Waals surface area (Å²) < 4.78 is 4.73. The van der Waals surface area contributed by atoms with Crippen LogP contribution in [-0.4, -0.2) is 21.7 Å². The summed E-state index contributed by atoms with van der Waals surface area (Å²) in [5, 5.41) is 8.46. The smallest absolute Gasteiger partial charge is 0.145 e. The molecule has 0 aliphatic rings. The van der Waals surface area contributed by atoms with Gasteiger partial charge in [0.2, 0.25) is 0 Å². The molecule has 5 heteroatoms. The molecule has 0 fully saturated rings. The van der Waals surface area contributed by atoms with Gasteiger partial charge in [0, 0.05) is 32.8 Å². The molecule has 8 aromatic rings. The van der Waals surface area contributed by atoms with Crippen molar-refractivity contribution in [3.8, 4) is 5.69 Å². The van der Waals surface area contributed by atoms with Crippen molar-refractivity contribution in [1.82, 2.24) is 14.5 Å². The zero-order valence-corrected chi connectivity index (χ0v) is 24.7. The van der Waals surface area contributed by atoms with Crippen molar-refractivity contribution in [2.75, 3.05) is 0 Å². The number of fused-ring (bicyclic) bond motifs is 7. The van der Waals surface area contributed by atoms with E-state index in [2.05, 4.69) is 141 Å². The Hall–Kier alpha value is -5.94. The highest BCUT2D eigenvalue weighted by Crippen LogP contribution is 2.40. The lowest BCUT2D eigenvalue weighted by Gasteiger charge is -2.18. The van der Waals surface area contributed by atoms with Crippen LogP contribution in [0.1, 0.15) is 17.3 Å². The lowest BCUT2D eigenvalue weighted by Crippen LogP contribution is -2.28. The van der Waals surface area contributed by atoms with E-state index < -0.39 is 0 Å². The van der Waals surface area contributed by atoms with Crippen LogP contribution in [-0.2, 0) is 6.67 Å². The van der Waals surface area contributed by atoms with Gasteiger partial charge in [-0.05, 0) is 42.6 Å². The van der Waals surface area contributed by atoms with E-state index in [1.54, 1.807) is 0 Å². The van der Waals surface area contributed by atoms with E-state index in [0.29, 0.717) is 6.67 Å². The summed E-state index contributed by atoms with van der Waals surface area (Å²) in [7, 11) is 0. The summed E-state index contributed by atoms with van der Waals surface area (Å²) in [4.78, 5) is 9.70. The first-order valence-electron chi connectivity index (χ1n) is 15.2. The molecule has 2 heterocycles. The first-order chi connectivity index (χ1) is 22.3. The zero-order chi connectivity index (χ0) is 30.2. The van der Waals surface area contributed by atoms with Crippen molar-refractivity contribution in [3.63, 3.8) is 0 Å². The largest absolute Gasteiger partial charge is 0.345 e. The summed E-state index contributed by atoms with van der Waals surface area (Å²) >= 11 is 0. The Morgan fingerprint density at radius 2 is 1.22 bits per heavy atom. The van der Waals surface area contributed by atoms with Crippen LogP contribution in [0, 0.1) is 0 Å². The molecule has 0 aliphatic heterocycles. The van der Waals surface area contributed by atoms with Crippen LogP contribution in [0.3, 0.4) is 0 Å². The van der Waals surface area contributed by atoms with Crippen molar-refractivity contribution in [2.24, 2.45) is 9.98 Å². The van der Waals surface area contributed by atoms with Crippen LogP contribution < -0.4 is 5.32 Å². The van der Waals surface area contributed by atoms with Gasteiger partial charge in [0.15, 0.2) is 0 Å². The lowest BCUT2D eigenvalue weighted by molar-refractivity contribution is 0.679. The van der Waals surface area contributed by atoms with Crippen molar-refractivity contribution in [1.29, 1.82) is 0 Å². The fourth-order valence-electron chi connectivity index (χ4n) is 6.56. The van der Waals surface area contributed by atoms with Crippen LogP contribution in [0.15, 0.2) is 162 Å². The van der Waals surface area contributed by atoms with Crippen LogP contribution in [0.4, 0.5) is 0 Å². The second-order valence-corrected chi connectivity index (χ2v) is 11.1. The number of nitrogens with zero attached hydrogens (tertiary/aromatic N) is 4. The molecule has 45 heavy (non-hydrogen) atoms. The molecule has 0 aliphatic carbocycles. The fourth-order valence-corrected chi connectivity index (χ4v) is 6.56. The SMILES string of the molecule is C=NC(N/C(=N\Cn1c2ccccc2c2ccc3c(c4ccccc4n3-c3ccccc3)c21)c1ccccc1)c1ccccc1. The monoisotopic (exact) mass is 581 g/mol. The molecule has 5 nitrogen and oxygen atoms in total. The number of nitrogens with one attached hydrogen (secondary N) is 1. The fraction of sp³-hybridized carbons (Fsp3) is 0.0500. The van der Waals surface area contributed by atoms with Crippen LogP contribution in [0.2, 0.25) is 0 Å². The summed E-state index contributed by atoms with van der Waals surface area (Å²) in [5.41, 5.74) is 7.84. The molecule has 0 saturated carbocycles. The van der Waals surface area contributed by atoms with Crippen molar-refractivity contribution < 1.29 is 0 Å². The van der Waals surface area contributed by atoms with Gasteiger partial charge in [-0.3, -0.25) is 4.99 Å². The molecule has 0 radical (unpaired) electrons. The van der Waals surface area contributed by atoms with Crippen LogP contribution in [0.25, 0.3) is 49.3 Å². The molecule has 6 aromatic carbocycles. The molecule has 216 valence electrons. The molecule has 2 aromatic heterocycles. The molecule has 0 bridgehead atoms. The maximum absolute atomic E-state index is 5.28. The highest BCUT2D eigenvalue weighted by Gasteiger charge is 2.20. The van der Waals surface area contributed by atoms with Gasteiger partial charge in [0.05, 0.1) is 22.1 Å². The predicted molar refractivity (Wildman–Crippen MR) is 189 cm³/mol. The maximum atomic E-state index is 5.28. The zero-order valence-electron chi connectivity index (χ0n) is 24.7. The summed E-state index contributed by atoms with van der Waals surface area (Å²) in [6.45, 7) is 4.31. The third kappa shape index (κ3) is 4.57. The van der Waals surface area contributed by atoms with Gasteiger partial charge in [0.1, 0.15) is 18.7 Å². The summed E-state index contributed by atoms with van der Waals surface area (Å²) in [6.07, 6.45) is -0.334. The quantitative estimate of drug-likeness (QED) is 0.148. The minimum Gasteiger partial charge on any atom is -0.345 e. The average Bonchev–Trinajstić information content (AvgIpc) is 3.62. The molecule has 0 saturated heterocycles. The van der Waals surface area contributed by atoms with Gasteiger partial charge in [-0.1, -0.05) is 121 Å². The Morgan fingerprint density at radius 3 is 1.96 bits per heavy atom. The Kier molecular flexibility index (Phi) is 6.69. The van der Waals surface area contributed by atoms with E-state index in [4.69, 9.17) is 4.99 Å².